The van der Waals surface area contributed by atoms with Crippen LogP contribution >= 0.6 is 0 Å². The van der Waals surface area contributed by atoms with Crippen molar-refractivity contribution in [1.82, 2.24) is 10.6 Å². The molecule has 2 amide bonds. The van der Waals surface area contributed by atoms with Crippen LogP contribution in [0, 0.1) is 0 Å². The Hall–Kier alpha value is -3.87. The number of ether oxygens (including phenoxy) is 1. The van der Waals surface area contributed by atoms with Crippen molar-refractivity contribution in [3.63, 3.8) is 0 Å². The predicted octanol–water partition coefficient (Wildman–Crippen LogP) is 0.732. The van der Waals surface area contributed by atoms with Gasteiger partial charge in [0.05, 0.1) is 19.6 Å². The van der Waals surface area contributed by atoms with Crippen molar-refractivity contribution in [2.24, 2.45) is 0 Å². The van der Waals surface area contributed by atoms with Crippen LogP contribution < -0.4 is 20.5 Å². The molecule has 7 nitrogen and oxygen atoms in total. The summed E-state index contributed by atoms with van der Waals surface area (Å²) in [5.41, 5.74) is 1.33. The average Bonchev–Trinajstić information content (AvgIpc) is 2.71. The number of carbonyl (C=O) groups is 3. The molecule has 0 aliphatic heterocycles. The third kappa shape index (κ3) is 6.80. The topological polar surface area (TPSA) is 108 Å². The fourth-order valence-corrected chi connectivity index (χ4v) is 2.18. The highest BCUT2D eigenvalue weighted by atomic mass is 16.5. The maximum Gasteiger partial charge on any atom is 0.268 e. The van der Waals surface area contributed by atoms with E-state index >= 15 is 0 Å². The Kier molecular flexibility index (Phi) is 7.53. The lowest BCUT2D eigenvalue weighted by Crippen LogP contribution is -2.41. The van der Waals surface area contributed by atoms with Gasteiger partial charge < -0.3 is 25.3 Å². The minimum Gasteiger partial charge on any atom is -0.548 e. The molecule has 144 valence electrons. The molecule has 0 saturated heterocycles. The molecule has 0 heterocycles. The summed E-state index contributed by atoms with van der Waals surface area (Å²) in [7, 11) is 1.53. The monoisotopic (exact) mass is 379 g/mol. The number of hydrogen-bond acceptors (Lipinski definition) is 5. The summed E-state index contributed by atoms with van der Waals surface area (Å²) in [5.74, 6) is -2.09. The molecule has 0 aliphatic rings. The molecule has 0 fully saturated rings. The van der Waals surface area contributed by atoms with Crippen molar-refractivity contribution in [1.29, 1.82) is 0 Å². The molecular formula is C21H19N2O5-. The van der Waals surface area contributed by atoms with Gasteiger partial charge in [-0.1, -0.05) is 42.5 Å². The predicted molar refractivity (Wildman–Crippen MR) is 103 cm³/mol. The normalized spacial score (nSPS) is 11.1. The van der Waals surface area contributed by atoms with Crippen LogP contribution in [0.15, 0.2) is 66.4 Å². The fraction of sp³-hybridized carbons (Fsp3) is 0.0952. The van der Waals surface area contributed by atoms with Crippen molar-refractivity contribution >= 4 is 29.9 Å². The van der Waals surface area contributed by atoms with E-state index in [4.69, 9.17) is 4.74 Å². The molecule has 0 saturated carbocycles. The van der Waals surface area contributed by atoms with Gasteiger partial charge in [0.25, 0.3) is 5.91 Å². The van der Waals surface area contributed by atoms with Crippen LogP contribution in [0.2, 0.25) is 0 Å². The molecule has 28 heavy (non-hydrogen) atoms. The first-order valence-electron chi connectivity index (χ1n) is 8.36. The Balaban J connectivity index is 2.17. The van der Waals surface area contributed by atoms with E-state index in [1.807, 2.05) is 30.3 Å². The molecule has 0 bridgehead atoms. The van der Waals surface area contributed by atoms with Gasteiger partial charge in [0.2, 0.25) is 5.91 Å². The van der Waals surface area contributed by atoms with Gasteiger partial charge in [-0.3, -0.25) is 9.59 Å². The Morgan fingerprint density at radius 3 is 2.29 bits per heavy atom. The summed E-state index contributed by atoms with van der Waals surface area (Å²) in [6.07, 6.45) is 4.31. The lowest BCUT2D eigenvalue weighted by molar-refractivity contribution is -0.303. The van der Waals surface area contributed by atoms with E-state index in [0.29, 0.717) is 11.3 Å². The van der Waals surface area contributed by atoms with E-state index in [-0.39, 0.29) is 5.70 Å². The zero-order valence-corrected chi connectivity index (χ0v) is 15.2. The van der Waals surface area contributed by atoms with Crippen molar-refractivity contribution in [3.8, 4) is 5.75 Å². The second kappa shape index (κ2) is 10.3. The molecule has 2 aromatic rings. The fourth-order valence-electron chi connectivity index (χ4n) is 2.18. The maximum atomic E-state index is 12.3. The van der Waals surface area contributed by atoms with Crippen LogP contribution in [0.1, 0.15) is 11.1 Å². The SMILES string of the molecule is COc1ccc(/C=C(\NC(=O)/C=C/c2ccccc2)C(=O)NCC(=O)[O-])cc1. The van der Waals surface area contributed by atoms with Gasteiger partial charge in [0.1, 0.15) is 11.4 Å². The molecule has 0 atom stereocenters. The summed E-state index contributed by atoms with van der Waals surface area (Å²) < 4.78 is 5.07. The first-order chi connectivity index (χ1) is 13.5. The average molecular weight is 379 g/mol. The number of benzene rings is 2. The van der Waals surface area contributed by atoms with Gasteiger partial charge in [-0.05, 0) is 35.4 Å². The maximum absolute atomic E-state index is 12.3. The number of hydrogen-bond donors (Lipinski definition) is 2. The van der Waals surface area contributed by atoms with E-state index in [2.05, 4.69) is 10.6 Å². The van der Waals surface area contributed by atoms with Gasteiger partial charge in [0, 0.05) is 6.08 Å². The van der Waals surface area contributed by atoms with Crippen LogP contribution in [0.5, 0.6) is 5.75 Å². The number of rotatable bonds is 8. The number of methoxy groups -OCH3 is 1. The van der Waals surface area contributed by atoms with E-state index in [1.54, 1.807) is 30.3 Å². The minimum absolute atomic E-state index is 0.103. The number of carboxylic acid groups (broad SMARTS) is 1. The summed E-state index contributed by atoms with van der Waals surface area (Å²) in [6, 6.07) is 15.9. The smallest absolute Gasteiger partial charge is 0.268 e. The highest BCUT2D eigenvalue weighted by Crippen LogP contribution is 2.13. The number of carbonyl (C=O) groups excluding carboxylic acids is 3. The lowest BCUT2D eigenvalue weighted by atomic mass is 10.1. The van der Waals surface area contributed by atoms with Crippen LogP contribution in [0.3, 0.4) is 0 Å². The van der Waals surface area contributed by atoms with Crippen LogP contribution in [0.4, 0.5) is 0 Å². The molecule has 0 aromatic heterocycles. The summed E-state index contributed by atoms with van der Waals surface area (Å²) in [5, 5.41) is 15.2. The Morgan fingerprint density at radius 2 is 1.68 bits per heavy atom. The summed E-state index contributed by atoms with van der Waals surface area (Å²) >= 11 is 0. The van der Waals surface area contributed by atoms with Gasteiger partial charge >= 0.3 is 0 Å². The van der Waals surface area contributed by atoms with Gasteiger partial charge in [-0.2, -0.15) is 0 Å². The summed E-state index contributed by atoms with van der Waals surface area (Å²) in [4.78, 5) is 35.0. The number of carboxylic acids is 1. The third-order valence-electron chi connectivity index (χ3n) is 3.55. The van der Waals surface area contributed by atoms with E-state index < -0.39 is 24.3 Å². The molecule has 2 aromatic carbocycles. The molecule has 0 spiro atoms. The quantitative estimate of drug-likeness (QED) is 0.658. The highest BCUT2D eigenvalue weighted by Gasteiger charge is 2.12. The number of amides is 2. The lowest BCUT2D eigenvalue weighted by Gasteiger charge is -2.10. The minimum atomic E-state index is -1.44. The molecule has 0 aliphatic carbocycles. The zero-order valence-electron chi connectivity index (χ0n) is 15.2. The molecule has 2 rings (SSSR count). The molecular weight excluding hydrogens is 360 g/mol. The van der Waals surface area contributed by atoms with Gasteiger partial charge in [-0.15, -0.1) is 0 Å². The molecule has 7 heteroatoms. The Morgan fingerprint density at radius 1 is 1.00 bits per heavy atom. The van der Waals surface area contributed by atoms with E-state index in [1.165, 1.54) is 19.3 Å². The molecule has 0 unspecified atom stereocenters. The van der Waals surface area contributed by atoms with Crippen LogP contribution in [-0.2, 0) is 14.4 Å². The largest absolute Gasteiger partial charge is 0.548 e. The van der Waals surface area contributed by atoms with Crippen molar-refractivity contribution in [2.45, 2.75) is 0 Å². The zero-order chi connectivity index (χ0) is 20.4. The van der Waals surface area contributed by atoms with Crippen molar-refractivity contribution < 1.29 is 24.2 Å². The second-order valence-electron chi connectivity index (χ2n) is 5.62. The Labute approximate surface area is 162 Å². The van der Waals surface area contributed by atoms with Crippen molar-refractivity contribution in [2.75, 3.05) is 13.7 Å². The third-order valence-corrected chi connectivity index (χ3v) is 3.55. The standard InChI is InChI=1S/C21H20N2O5/c1-28-17-10-7-16(8-11-17)13-18(21(27)22-14-20(25)26)23-19(24)12-9-15-5-3-2-4-6-15/h2-13H,14H2,1H3,(H,22,27)(H,23,24)(H,25,26)/p-1/b12-9+,18-13-. The van der Waals surface area contributed by atoms with Gasteiger partial charge in [-0.25, -0.2) is 0 Å². The Bertz CT molecular complexity index is 887. The summed E-state index contributed by atoms with van der Waals surface area (Å²) in [6.45, 7) is -0.672. The van der Waals surface area contributed by atoms with Gasteiger partial charge in [0.15, 0.2) is 0 Å². The molecule has 2 N–H and O–H groups in total. The van der Waals surface area contributed by atoms with Crippen LogP contribution in [0.25, 0.3) is 12.2 Å². The second-order valence-corrected chi connectivity index (χ2v) is 5.62. The molecule has 0 radical (unpaired) electrons. The van der Waals surface area contributed by atoms with E-state index in [9.17, 15) is 19.5 Å². The first-order valence-corrected chi connectivity index (χ1v) is 8.36. The number of aliphatic carboxylic acids is 1. The first kappa shape index (κ1) is 20.4. The van der Waals surface area contributed by atoms with E-state index in [0.717, 1.165) is 5.56 Å². The van der Waals surface area contributed by atoms with Crippen molar-refractivity contribution in [3.05, 3.63) is 77.5 Å². The number of nitrogens with one attached hydrogen (secondary N) is 2. The highest BCUT2D eigenvalue weighted by molar-refractivity contribution is 6.04. The van der Waals surface area contributed by atoms with Crippen LogP contribution in [-0.4, -0.2) is 31.4 Å².